The van der Waals surface area contributed by atoms with Crippen LogP contribution in [0.25, 0.3) is 0 Å². The highest BCUT2D eigenvalue weighted by Gasteiger charge is 2.33. The molecule has 0 spiro atoms. The van der Waals surface area contributed by atoms with E-state index in [-0.39, 0.29) is 12.3 Å². The van der Waals surface area contributed by atoms with Gasteiger partial charge >= 0.3 is 6.03 Å². The van der Waals surface area contributed by atoms with Gasteiger partial charge in [0.2, 0.25) is 12.3 Å². The molecule has 1 unspecified atom stereocenters. The summed E-state index contributed by atoms with van der Waals surface area (Å²) in [7, 11) is 0. The summed E-state index contributed by atoms with van der Waals surface area (Å²) in [5.74, 6) is -0.664. The Hall–Kier alpha value is -2.12. The van der Waals surface area contributed by atoms with Gasteiger partial charge in [-0.15, -0.1) is 0 Å². The van der Waals surface area contributed by atoms with Crippen molar-refractivity contribution in [2.45, 2.75) is 12.5 Å². The first-order valence-electron chi connectivity index (χ1n) is 5.68. The molecule has 0 aliphatic carbocycles. The van der Waals surface area contributed by atoms with E-state index < -0.39 is 18.0 Å². The SMILES string of the molecule is O=CN1CCN(C(=O)CC2NC(=O)NC2=O)CC1. The smallest absolute Gasteiger partial charge is 0.322 e. The molecule has 2 N–H and O–H groups in total. The first kappa shape index (κ1) is 12.3. The first-order chi connectivity index (χ1) is 8.60. The van der Waals surface area contributed by atoms with Crippen LogP contribution in [-0.2, 0) is 14.4 Å². The van der Waals surface area contributed by atoms with Crippen LogP contribution >= 0.6 is 0 Å². The van der Waals surface area contributed by atoms with E-state index in [1.165, 1.54) is 0 Å². The van der Waals surface area contributed by atoms with Gasteiger partial charge in [-0.2, -0.15) is 0 Å². The molecule has 0 radical (unpaired) electrons. The monoisotopic (exact) mass is 254 g/mol. The lowest BCUT2D eigenvalue weighted by Gasteiger charge is -2.32. The molecule has 2 rings (SSSR count). The second kappa shape index (κ2) is 5.03. The van der Waals surface area contributed by atoms with E-state index in [9.17, 15) is 19.2 Å². The fourth-order valence-electron chi connectivity index (χ4n) is 1.98. The Morgan fingerprint density at radius 3 is 2.44 bits per heavy atom. The average Bonchev–Trinajstić information content (AvgIpc) is 2.68. The van der Waals surface area contributed by atoms with E-state index in [0.717, 1.165) is 6.41 Å². The summed E-state index contributed by atoms with van der Waals surface area (Å²) in [5, 5.41) is 4.46. The number of nitrogens with zero attached hydrogens (tertiary/aromatic N) is 2. The fourth-order valence-corrected chi connectivity index (χ4v) is 1.98. The Morgan fingerprint density at radius 1 is 1.28 bits per heavy atom. The summed E-state index contributed by atoms with van der Waals surface area (Å²) >= 11 is 0. The van der Waals surface area contributed by atoms with E-state index >= 15 is 0 Å². The van der Waals surface area contributed by atoms with Crippen molar-refractivity contribution in [3.8, 4) is 0 Å². The second-order valence-electron chi connectivity index (χ2n) is 4.24. The van der Waals surface area contributed by atoms with Crippen molar-refractivity contribution in [3.05, 3.63) is 0 Å². The topological polar surface area (TPSA) is 98.8 Å². The minimum absolute atomic E-state index is 0.0430. The van der Waals surface area contributed by atoms with Gasteiger partial charge in [-0.05, 0) is 0 Å². The quantitative estimate of drug-likeness (QED) is 0.444. The molecule has 0 aromatic heterocycles. The third-order valence-corrected chi connectivity index (χ3v) is 3.05. The summed E-state index contributed by atoms with van der Waals surface area (Å²) in [6, 6.07) is -1.35. The maximum atomic E-state index is 11.9. The van der Waals surface area contributed by atoms with Crippen LogP contribution in [0.5, 0.6) is 0 Å². The number of amides is 5. The van der Waals surface area contributed by atoms with Crippen LogP contribution in [0.2, 0.25) is 0 Å². The molecule has 2 fully saturated rings. The minimum atomic E-state index is -0.783. The Bertz CT molecular complexity index is 389. The van der Waals surface area contributed by atoms with Gasteiger partial charge in [0.1, 0.15) is 6.04 Å². The first-order valence-corrected chi connectivity index (χ1v) is 5.68. The molecule has 5 amide bonds. The number of hydrogen-bond acceptors (Lipinski definition) is 4. The van der Waals surface area contributed by atoms with E-state index in [1.807, 2.05) is 0 Å². The highest BCUT2D eigenvalue weighted by atomic mass is 16.2. The Labute approximate surface area is 103 Å². The number of hydrogen-bond donors (Lipinski definition) is 2. The van der Waals surface area contributed by atoms with Crippen LogP contribution in [0.3, 0.4) is 0 Å². The molecule has 0 aromatic carbocycles. The third kappa shape index (κ3) is 2.58. The zero-order valence-electron chi connectivity index (χ0n) is 9.72. The third-order valence-electron chi connectivity index (χ3n) is 3.05. The van der Waals surface area contributed by atoms with E-state index in [1.54, 1.807) is 9.80 Å². The van der Waals surface area contributed by atoms with Crippen LogP contribution < -0.4 is 10.6 Å². The zero-order chi connectivity index (χ0) is 13.1. The molecule has 18 heavy (non-hydrogen) atoms. The molecule has 8 nitrogen and oxygen atoms in total. The highest BCUT2D eigenvalue weighted by molar-refractivity contribution is 6.05. The Balaban J connectivity index is 1.84. The van der Waals surface area contributed by atoms with Gasteiger partial charge in [-0.1, -0.05) is 0 Å². The molecule has 0 saturated carbocycles. The Kier molecular flexibility index (Phi) is 3.45. The molecular formula is C10H14N4O4. The number of carbonyl (C=O) groups is 4. The van der Waals surface area contributed by atoms with Crippen LogP contribution in [0.15, 0.2) is 0 Å². The predicted octanol–water partition coefficient (Wildman–Crippen LogP) is -2.11. The number of imide groups is 1. The van der Waals surface area contributed by atoms with Crippen molar-refractivity contribution in [3.63, 3.8) is 0 Å². The molecule has 1 atom stereocenters. The van der Waals surface area contributed by atoms with Crippen molar-refractivity contribution in [1.82, 2.24) is 20.4 Å². The molecule has 98 valence electrons. The van der Waals surface area contributed by atoms with Gasteiger partial charge in [0, 0.05) is 26.2 Å². The molecule has 0 bridgehead atoms. The molecule has 2 heterocycles. The number of rotatable bonds is 3. The van der Waals surface area contributed by atoms with Crippen molar-refractivity contribution < 1.29 is 19.2 Å². The van der Waals surface area contributed by atoms with Gasteiger partial charge < -0.3 is 15.1 Å². The van der Waals surface area contributed by atoms with E-state index in [0.29, 0.717) is 26.2 Å². The van der Waals surface area contributed by atoms with Gasteiger partial charge in [0.05, 0.1) is 6.42 Å². The van der Waals surface area contributed by atoms with Gasteiger partial charge in [-0.25, -0.2) is 4.79 Å². The number of carbonyl (C=O) groups excluding carboxylic acids is 4. The lowest BCUT2D eigenvalue weighted by molar-refractivity contribution is -0.136. The maximum absolute atomic E-state index is 11.9. The summed E-state index contributed by atoms with van der Waals surface area (Å²) in [6.07, 6.45) is 0.713. The standard InChI is InChI=1S/C10H14N4O4/c15-6-13-1-3-14(4-2-13)8(16)5-7-9(17)12-10(18)11-7/h6-7H,1-5H2,(H2,11,12,17,18). The molecule has 0 aromatic rings. The Morgan fingerprint density at radius 2 is 1.94 bits per heavy atom. The lowest BCUT2D eigenvalue weighted by Crippen LogP contribution is -2.49. The molecule has 8 heteroatoms. The summed E-state index contributed by atoms with van der Waals surface area (Å²) < 4.78 is 0. The maximum Gasteiger partial charge on any atom is 0.322 e. The summed E-state index contributed by atoms with van der Waals surface area (Å²) in [6.45, 7) is 1.91. The van der Waals surface area contributed by atoms with Gasteiger partial charge in [-0.3, -0.25) is 19.7 Å². The fraction of sp³-hybridized carbons (Fsp3) is 0.600. The number of nitrogens with one attached hydrogen (secondary N) is 2. The average molecular weight is 254 g/mol. The predicted molar refractivity (Wildman–Crippen MR) is 59.3 cm³/mol. The largest absolute Gasteiger partial charge is 0.342 e. The van der Waals surface area contributed by atoms with Gasteiger partial charge in [0.25, 0.3) is 5.91 Å². The van der Waals surface area contributed by atoms with Crippen molar-refractivity contribution in [1.29, 1.82) is 0 Å². The van der Waals surface area contributed by atoms with Crippen LogP contribution in [0.1, 0.15) is 6.42 Å². The van der Waals surface area contributed by atoms with Crippen LogP contribution in [0.4, 0.5) is 4.79 Å². The summed E-state index contributed by atoms with van der Waals surface area (Å²) in [5.41, 5.74) is 0. The molecule has 2 saturated heterocycles. The lowest BCUT2D eigenvalue weighted by atomic mass is 10.2. The van der Waals surface area contributed by atoms with Crippen LogP contribution in [-0.4, -0.2) is 66.3 Å². The molecule has 2 aliphatic rings. The van der Waals surface area contributed by atoms with Crippen molar-refractivity contribution in [2.24, 2.45) is 0 Å². The molecular weight excluding hydrogens is 240 g/mol. The van der Waals surface area contributed by atoms with E-state index in [2.05, 4.69) is 10.6 Å². The normalized spacial score (nSPS) is 23.7. The summed E-state index contributed by atoms with van der Waals surface area (Å²) in [4.78, 5) is 47.8. The van der Waals surface area contributed by atoms with E-state index in [4.69, 9.17) is 0 Å². The highest BCUT2D eigenvalue weighted by Crippen LogP contribution is 2.06. The minimum Gasteiger partial charge on any atom is -0.342 e. The molecule has 2 aliphatic heterocycles. The van der Waals surface area contributed by atoms with Gasteiger partial charge in [0.15, 0.2) is 0 Å². The van der Waals surface area contributed by atoms with Crippen molar-refractivity contribution in [2.75, 3.05) is 26.2 Å². The van der Waals surface area contributed by atoms with Crippen LogP contribution in [0, 0.1) is 0 Å². The number of urea groups is 1. The zero-order valence-corrected chi connectivity index (χ0v) is 9.72. The van der Waals surface area contributed by atoms with Crippen molar-refractivity contribution >= 4 is 24.3 Å². The second-order valence-corrected chi connectivity index (χ2v) is 4.24. The number of piperazine rings is 1.